The van der Waals surface area contributed by atoms with Crippen molar-refractivity contribution in [2.75, 3.05) is 0 Å². The van der Waals surface area contributed by atoms with E-state index in [1.54, 1.807) is 0 Å². The second kappa shape index (κ2) is 3.27. The van der Waals surface area contributed by atoms with Gasteiger partial charge in [0.05, 0.1) is 4.83 Å². The van der Waals surface area contributed by atoms with Gasteiger partial charge in [0.15, 0.2) is 0 Å². The van der Waals surface area contributed by atoms with Crippen LogP contribution in [0.25, 0.3) is 0 Å². The van der Waals surface area contributed by atoms with Crippen molar-refractivity contribution in [1.82, 2.24) is 0 Å². The van der Waals surface area contributed by atoms with Crippen molar-refractivity contribution >= 4 is 15.9 Å². The van der Waals surface area contributed by atoms with Gasteiger partial charge in [-0.25, -0.2) is 0 Å². The van der Waals surface area contributed by atoms with Gasteiger partial charge in [-0.15, -0.1) is 0 Å². The highest BCUT2D eigenvalue weighted by Crippen LogP contribution is 2.38. The van der Waals surface area contributed by atoms with Crippen LogP contribution in [0.2, 0.25) is 0 Å². The third kappa shape index (κ3) is 1.56. The van der Waals surface area contributed by atoms with Gasteiger partial charge in [-0.1, -0.05) is 34.1 Å². The van der Waals surface area contributed by atoms with E-state index in [4.69, 9.17) is 4.74 Å². The van der Waals surface area contributed by atoms with Crippen LogP contribution in [0.1, 0.15) is 25.0 Å². The fraction of sp³-hybridized carbons (Fsp3) is 0.500. The predicted molar refractivity (Wildman–Crippen MR) is 62.3 cm³/mol. The molecule has 76 valence electrons. The van der Waals surface area contributed by atoms with Crippen molar-refractivity contribution in [3.05, 3.63) is 29.3 Å². The Balaban J connectivity index is 2.46. The zero-order valence-corrected chi connectivity index (χ0v) is 10.4. The van der Waals surface area contributed by atoms with Crippen LogP contribution in [0, 0.1) is 6.92 Å². The summed E-state index contributed by atoms with van der Waals surface area (Å²) in [6, 6.07) is 6.34. The highest BCUT2D eigenvalue weighted by molar-refractivity contribution is 9.09. The summed E-state index contributed by atoms with van der Waals surface area (Å²) in [4.78, 5) is 0.393. The summed E-state index contributed by atoms with van der Waals surface area (Å²) >= 11 is 3.68. The maximum absolute atomic E-state index is 6.02. The Morgan fingerprint density at radius 2 is 2.14 bits per heavy atom. The number of halogens is 1. The maximum Gasteiger partial charge on any atom is 0.126 e. The molecule has 2 rings (SSSR count). The van der Waals surface area contributed by atoms with Gasteiger partial charge in [0.2, 0.25) is 0 Å². The van der Waals surface area contributed by atoms with E-state index in [2.05, 4.69) is 54.9 Å². The summed E-state index contributed by atoms with van der Waals surface area (Å²) in [5.74, 6) is 1.08. The Labute approximate surface area is 93.6 Å². The smallest absolute Gasteiger partial charge is 0.126 e. The molecule has 0 amide bonds. The molecule has 0 spiro atoms. The number of ether oxygens (including phenoxy) is 1. The molecule has 1 aliphatic heterocycles. The molecule has 1 aliphatic rings. The van der Waals surface area contributed by atoms with E-state index < -0.39 is 0 Å². The average molecular weight is 255 g/mol. The molecule has 1 atom stereocenters. The first-order chi connectivity index (χ1) is 6.50. The Bertz CT molecular complexity index is 357. The van der Waals surface area contributed by atoms with Crippen LogP contribution >= 0.6 is 15.9 Å². The molecule has 0 N–H and O–H groups in total. The van der Waals surface area contributed by atoms with E-state index >= 15 is 0 Å². The van der Waals surface area contributed by atoms with Crippen LogP contribution in [0.5, 0.6) is 5.75 Å². The molecule has 0 aromatic heterocycles. The molecule has 14 heavy (non-hydrogen) atoms. The number of rotatable bonds is 0. The molecular weight excluding hydrogens is 240 g/mol. The maximum atomic E-state index is 6.02. The summed E-state index contributed by atoms with van der Waals surface area (Å²) in [5, 5.41) is 0. The minimum atomic E-state index is -0.112. The first-order valence-electron chi connectivity index (χ1n) is 4.92. The lowest BCUT2D eigenvalue weighted by Crippen LogP contribution is -2.43. The van der Waals surface area contributed by atoms with E-state index in [1.807, 2.05) is 0 Å². The van der Waals surface area contributed by atoms with Crippen molar-refractivity contribution in [2.24, 2.45) is 0 Å². The van der Waals surface area contributed by atoms with Crippen molar-refractivity contribution in [3.63, 3.8) is 0 Å². The molecule has 0 radical (unpaired) electrons. The lowest BCUT2D eigenvalue weighted by molar-refractivity contribution is 0.0925. The standard InChI is InChI=1S/C12H15BrO/c1-8-5-4-6-9-7-10(13)12(2,3)14-11(8)9/h4-6,10H,7H2,1-3H3. The number of fused-ring (bicyclic) bond motifs is 1. The SMILES string of the molecule is Cc1cccc2c1OC(C)(C)C(Br)C2. The van der Waals surface area contributed by atoms with Crippen LogP contribution in [0.3, 0.4) is 0 Å². The van der Waals surface area contributed by atoms with Crippen molar-refractivity contribution in [1.29, 1.82) is 0 Å². The van der Waals surface area contributed by atoms with E-state index in [0.717, 1.165) is 12.2 Å². The highest BCUT2D eigenvalue weighted by atomic mass is 79.9. The van der Waals surface area contributed by atoms with E-state index in [0.29, 0.717) is 4.83 Å². The number of aryl methyl sites for hydroxylation is 1. The van der Waals surface area contributed by atoms with Gasteiger partial charge in [0.25, 0.3) is 0 Å². The highest BCUT2D eigenvalue weighted by Gasteiger charge is 2.35. The molecule has 0 bridgehead atoms. The first kappa shape index (κ1) is 10.0. The van der Waals surface area contributed by atoms with Crippen LogP contribution in [0.15, 0.2) is 18.2 Å². The van der Waals surface area contributed by atoms with Gasteiger partial charge < -0.3 is 4.74 Å². The summed E-state index contributed by atoms with van der Waals surface area (Å²) in [7, 11) is 0. The third-order valence-electron chi connectivity index (χ3n) is 2.81. The topological polar surface area (TPSA) is 9.23 Å². The summed E-state index contributed by atoms with van der Waals surface area (Å²) in [5.41, 5.74) is 2.43. The third-order valence-corrected chi connectivity index (χ3v) is 4.24. The van der Waals surface area contributed by atoms with Crippen LogP contribution in [-0.2, 0) is 6.42 Å². The van der Waals surface area contributed by atoms with Crippen molar-refractivity contribution in [3.8, 4) is 5.75 Å². The molecule has 2 heteroatoms. The quantitative estimate of drug-likeness (QED) is 0.645. The molecular formula is C12H15BrO. The zero-order chi connectivity index (χ0) is 10.3. The molecule has 0 aliphatic carbocycles. The van der Waals surface area contributed by atoms with Gasteiger partial charge in [-0.05, 0) is 38.3 Å². The van der Waals surface area contributed by atoms with Gasteiger partial charge >= 0.3 is 0 Å². The molecule has 1 aromatic rings. The number of hydrogen-bond donors (Lipinski definition) is 0. The second-order valence-corrected chi connectivity index (χ2v) is 5.55. The average Bonchev–Trinajstić information content (AvgIpc) is 2.09. The monoisotopic (exact) mass is 254 g/mol. The number of benzene rings is 1. The summed E-state index contributed by atoms with van der Waals surface area (Å²) in [6.45, 7) is 6.35. The Hall–Kier alpha value is -0.500. The minimum absolute atomic E-state index is 0.112. The van der Waals surface area contributed by atoms with Crippen LogP contribution < -0.4 is 4.74 Å². The van der Waals surface area contributed by atoms with E-state index in [-0.39, 0.29) is 5.60 Å². The number of para-hydroxylation sites is 1. The van der Waals surface area contributed by atoms with Crippen molar-refractivity contribution < 1.29 is 4.74 Å². The molecule has 0 fully saturated rings. The Morgan fingerprint density at radius 3 is 2.86 bits per heavy atom. The fourth-order valence-electron chi connectivity index (χ4n) is 1.79. The predicted octanol–water partition coefficient (Wildman–Crippen LogP) is 3.47. The first-order valence-corrected chi connectivity index (χ1v) is 5.84. The largest absolute Gasteiger partial charge is 0.486 e. The summed E-state index contributed by atoms with van der Waals surface area (Å²) < 4.78 is 6.02. The normalized spacial score (nSPS) is 23.9. The molecule has 0 saturated heterocycles. The lowest BCUT2D eigenvalue weighted by Gasteiger charge is -2.37. The number of hydrogen-bond acceptors (Lipinski definition) is 1. The van der Waals surface area contributed by atoms with Crippen LogP contribution in [0.4, 0.5) is 0 Å². The molecule has 0 saturated carbocycles. The molecule has 1 aromatic carbocycles. The van der Waals surface area contributed by atoms with Gasteiger partial charge in [-0.3, -0.25) is 0 Å². The minimum Gasteiger partial charge on any atom is -0.486 e. The fourth-order valence-corrected chi connectivity index (χ4v) is 2.23. The lowest BCUT2D eigenvalue weighted by atomic mass is 9.93. The summed E-state index contributed by atoms with van der Waals surface area (Å²) in [6.07, 6.45) is 1.05. The Morgan fingerprint density at radius 1 is 1.43 bits per heavy atom. The number of alkyl halides is 1. The second-order valence-electron chi connectivity index (χ2n) is 4.44. The van der Waals surface area contributed by atoms with Crippen molar-refractivity contribution in [2.45, 2.75) is 37.6 Å². The van der Waals surface area contributed by atoms with Gasteiger partial charge in [-0.2, -0.15) is 0 Å². The van der Waals surface area contributed by atoms with Gasteiger partial charge in [0, 0.05) is 0 Å². The molecule has 1 heterocycles. The van der Waals surface area contributed by atoms with Gasteiger partial charge in [0.1, 0.15) is 11.4 Å². The Kier molecular flexibility index (Phi) is 2.34. The zero-order valence-electron chi connectivity index (χ0n) is 8.80. The van der Waals surface area contributed by atoms with E-state index in [1.165, 1.54) is 11.1 Å². The van der Waals surface area contributed by atoms with Crippen LogP contribution in [-0.4, -0.2) is 10.4 Å². The molecule has 1 nitrogen and oxygen atoms in total. The molecule has 1 unspecified atom stereocenters. The van der Waals surface area contributed by atoms with E-state index in [9.17, 15) is 0 Å².